The minimum absolute atomic E-state index is 0.375. The van der Waals surface area contributed by atoms with E-state index < -0.39 is 0 Å². The Morgan fingerprint density at radius 2 is 1.85 bits per heavy atom. The molecule has 0 fully saturated rings. The van der Waals surface area contributed by atoms with E-state index in [-0.39, 0.29) is 0 Å². The van der Waals surface area contributed by atoms with Crippen LogP contribution in [0.3, 0.4) is 0 Å². The smallest absolute Gasteiger partial charge is 0.0302 e. The van der Waals surface area contributed by atoms with E-state index in [1.807, 2.05) is 6.07 Å². The number of halogens is 1. The predicted octanol–water partition coefficient (Wildman–Crippen LogP) is 5.66. The van der Waals surface area contributed by atoms with Gasteiger partial charge in [0.15, 0.2) is 0 Å². The van der Waals surface area contributed by atoms with Gasteiger partial charge in [0, 0.05) is 20.3 Å². The van der Waals surface area contributed by atoms with Crippen LogP contribution in [0.5, 0.6) is 0 Å². The SMILES string of the molecule is CCCNC(C)c1ccc(Sc2ccccc2)cc1Br. The number of hydrogen-bond donors (Lipinski definition) is 1. The standard InChI is InChI=1S/C17H20BrNS/c1-3-11-19-13(2)16-10-9-15(12-17(16)18)20-14-7-5-4-6-8-14/h4-10,12-13,19H,3,11H2,1-2H3. The lowest BCUT2D eigenvalue weighted by atomic mass is 10.1. The van der Waals surface area contributed by atoms with Crippen molar-refractivity contribution in [2.24, 2.45) is 0 Å². The second-order valence-electron chi connectivity index (χ2n) is 4.77. The molecule has 1 unspecified atom stereocenters. The van der Waals surface area contributed by atoms with Crippen LogP contribution in [0.2, 0.25) is 0 Å². The molecule has 2 aromatic rings. The Balaban J connectivity index is 2.09. The highest BCUT2D eigenvalue weighted by Crippen LogP contribution is 2.32. The van der Waals surface area contributed by atoms with Crippen molar-refractivity contribution in [3.8, 4) is 0 Å². The summed E-state index contributed by atoms with van der Waals surface area (Å²) in [5.74, 6) is 0. The average molecular weight is 350 g/mol. The van der Waals surface area contributed by atoms with E-state index >= 15 is 0 Å². The molecule has 0 saturated heterocycles. The Kier molecular flexibility index (Phi) is 6.14. The fourth-order valence-electron chi connectivity index (χ4n) is 2.02. The van der Waals surface area contributed by atoms with Crippen molar-refractivity contribution in [2.75, 3.05) is 6.54 Å². The molecule has 0 radical (unpaired) electrons. The molecule has 1 nitrogen and oxygen atoms in total. The van der Waals surface area contributed by atoms with E-state index in [0.717, 1.165) is 13.0 Å². The van der Waals surface area contributed by atoms with Crippen LogP contribution in [0.4, 0.5) is 0 Å². The lowest BCUT2D eigenvalue weighted by molar-refractivity contribution is 0.568. The molecule has 3 heteroatoms. The van der Waals surface area contributed by atoms with E-state index in [9.17, 15) is 0 Å². The minimum atomic E-state index is 0.375. The molecule has 0 bridgehead atoms. The third-order valence-electron chi connectivity index (χ3n) is 3.12. The molecule has 0 saturated carbocycles. The molecule has 2 aromatic carbocycles. The average Bonchev–Trinajstić information content (AvgIpc) is 2.46. The number of rotatable bonds is 6. The molecule has 1 atom stereocenters. The van der Waals surface area contributed by atoms with Gasteiger partial charge in [0.1, 0.15) is 0 Å². The number of nitrogens with one attached hydrogen (secondary N) is 1. The van der Waals surface area contributed by atoms with Crippen molar-refractivity contribution in [3.63, 3.8) is 0 Å². The topological polar surface area (TPSA) is 12.0 Å². The van der Waals surface area contributed by atoms with Gasteiger partial charge in [-0.05, 0) is 49.7 Å². The van der Waals surface area contributed by atoms with Crippen LogP contribution in [0.25, 0.3) is 0 Å². The van der Waals surface area contributed by atoms with Gasteiger partial charge in [0.05, 0.1) is 0 Å². The van der Waals surface area contributed by atoms with E-state index in [1.54, 1.807) is 11.8 Å². The first-order valence-corrected chi connectivity index (χ1v) is 8.57. The van der Waals surface area contributed by atoms with Crippen molar-refractivity contribution in [2.45, 2.75) is 36.1 Å². The normalized spacial score (nSPS) is 12.3. The largest absolute Gasteiger partial charge is 0.310 e. The van der Waals surface area contributed by atoms with Gasteiger partial charge < -0.3 is 5.32 Å². The summed E-state index contributed by atoms with van der Waals surface area (Å²) >= 11 is 5.49. The summed E-state index contributed by atoms with van der Waals surface area (Å²) in [6.45, 7) is 5.45. The molecule has 0 amide bonds. The second-order valence-corrected chi connectivity index (χ2v) is 6.78. The first kappa shape index (κ1) is 15.6. The molecular weight excluding hydrogens is 330 g/mol. The zero-order valence-corrected chi connectivity index (χ0v) is 14.3. The first-order valence-electron chi connectivity index (χ1n) is 6.96. The van der Waals surface area contributed by atoms with Gasteiger partial charge in [-0.1, -0.05) is 58.9 Å². The zero-order valence-electron chi connectivity index (χ0n) is 11.9. The summed E-state index contributed by atoms with van der Waals surface area (Å²) < 4.78 is 1.18. The van der Waals surface area contributed by atoms with Gasteiger partial charge in [-0.25, -0.2) is 0 Å². The summed E-state index contributed by atoms with van der Waals surface area (Å²) in [5.41, 5.74) is 1.32. The summed E-state index contributed by atoms with van der Waals surface area (Å²) in [7, 11) is 0. The third-order valence-corrected chi connectivity index (χ3v) is 4.80. The van der Waals surface area contributed by atoms with Crippen LogP contribution in [-0.2, 0) is 0 Å². The van der Waals surface area contributed by atoms with Crippen LogP contribution in [0.1, 0.15) is 31.9 Å². The summed E-state index contributed by atoms with van der Waals surface area (Å²) in [6, 6.07) is 17.5. The van der Waals surface area contributed by atoms with Crippen LogP contribution >= 0.6 is 27.7 Å². The molecule has 2 rings (SSSR count). The molecule has 0 spiro atoms. The lowest BCUT2D eigenvalue weighted by Gasteiger charge is -2.16. The van der Waals surface area contributed by atoms with E-state index in [0.29, 0.717) is 6.04 Å². The van der Waals surface area contributed by atoms with Crippen LogP contribution in [-0.4, -0.2) is 6.54 Å². The monoisotopic (exact) mass is 349 g/mol. The van der Waals surface area contributed by atoms with Gasteiger partial charge >= 0.3 is 0 Å². The van der Waals surface area contributed by atoms with Crippen molar-refractivity contribution in [1.29, 1.82) is 0 Å². The molecule has 0 aliphatic heterocycles. The lowest BCUT2D eigenvalue weighted by Crippen LogP contribution is -2.19. The van der Waals surface area contributed by atoms with Gasteiger partial charge in [-0.15, -0.1) is 0 Å². The fourth-order valence-corrected chi connectivity index (χ4v) is 3.77. The highest BCUT2D eigenvalue weighted by molar-refractivity contribution is 9.10. The Hall–Kier alpha value is -0.770. The molecule has 0 aliphatic rings. The molecule has 0 aliphatic carbocycles. The Labute approximate surface area is 134 Å². The molecule has 1 N–H and O–H groups in total. The van der Waals surface area contributed by atoms with Crippen molar-refractivity contribution in [3.05, 3.63) is 58.6 Å². The van der Waals surface area contributed by atoms with E-state index in [2.05, 4.69) is 77.6 Å². The molecule has 0 aromatic heterocycles. The van der Waals surface area contributed by atoms with Crippen LogP contribution in [0, 0.1) is 0 Å². The highest BCUT2D eigenvalue weighted by Gasteiger charge is 2.09. The highest BCUT2D eigenvalue weighted by atomic mass is 79.9. The predicted molar refractivity (Wildman–Crippen MR) is 91.4 cm³/mol. The van der Waals surface area contributed by atoms with Crippen LogP contribution in [0.15, 0.2) is 62.8 Å². The van der Waals surface area contributed by atoms with Gasteiger partial charge in [0.25, 0.3) is 0 Å². The van der Waals surface area contributed by atoms with Crippen molar-refractivity contribution < 1.29 is 0 Å². The van der Waals surface area contributed by atoms with Crippen molar-refractivity contribution in [1.82, 2.24) is 5.32 Å². The van der Waals surface area contributed by atoms with Crippen LogP contribution < -0.4 is 5.32 Å². The van der Waals surface area contributed by atoms with Gasteiger partial charge in [-0.2, -0.15) is 0 Å². The molecule has 20 heavy (non-hydrogen) atoms. The Bertz CT molecular complexity index is 542. The molecule has 0 heterocycles. The summed E-state index contributed by atoms with van der Waals surface area (Å²) in [4.78, 5) is 2.53. The minimum Gasteiger partial charge on any atom is -0.310 e. The molecule has 106 valence electrons. The van der Waals surface area contributed by atoms with E-state index in [4.69, 9.17) is 0 Å². The Morgan fingerprint density at radius 3 is 2.50 bits per heavy atom. The fraction of sp³-hybridized carbons (Fsp3) is 0.294. The second kappa shape index (κ2) is 7.87. The zero-order chi connectivity index (χ0) is 14.4. The van der Waals surface area contributed by atoms with Gasteiger partial charge in [-0.3, -0.25) is 0 Å². The maximum absolute atomic E-state index is 3.70. The quantitative estimate of drug-likeness (QED) is 0.721. The molecular formula is C17H20BrNS. The Morgan fingerprint density at radius 1 is 1.10 bits per heavy atom. The summed E-state index contributed by atoms with van der Waals surface area (Å²) in [5, 5.41) is 3.52. The van der Waals surface area contributed by atoms with E-state index in [1.165, 1.54) is 19.8 Å². The van der Waals surface area contributed by atoms with Crippen molar-refractivity contribution >= 4 is 27.7 Å². The van der Waals surface area contributed by atoms with Gasteiger partial charge in [0.2, 0.25) is 0 Å². The number of benzene rings is 2. The third kappa shape index (κ3) is 4.37. The summed E-state index contributed by atoms with van der Waals surface area (Å²) in [6.07, 6.45) is 1.16. The maximum Gasteiger partial charge on any atom is 0.0302 e. The maximum atomic E-state index is 3.70. The first-order chi connectivity index (χ1) is 9.70. The number of hydrogen-bond acceptors (Lipinski definition) is 2.